The third kappa shape index (κ3) is 3.60. The van der Waals surface area contributed by atoms with Gasteiger partial charge in [-0.3, -0.25) is 0 Å². The Kier molecular flexibility index (Phi) is 4.54. The third-order valence-corrected chi connectivity index (χ3v) is 4.40. The first-order valence-corrected chi connectivity index (χ1v) is 6.87. The van der Waals surface area contributed by atoms with Gasteiger partial charge in [-0.2, -0.15) is 13.2 Å². The summed E-state index contributed by atoms with van der Waals surface area (Å²) < 4.78 is 40.4. The second-order valence-corrected chi connectivity index (χ2v) is 5.72. The van der Waals surface area contributed by atoms with Crippen LogP contribution in [0.2, 0.25) is 0 Å². The van der Waals surface area contributed by atoms with Gasteiger partial charge in [-0.1, -0.05) is 12.8 Å². The highest BCUT2D eigenvalue weighted by Crippen LogP contribution is 2.45. The van der Waals surface area contributed by atoms with Gasteiger partial charge in [0.25, 0.3) is 0 Å². The van der Waals surface area contributed by atoms with E-state index >= 15 is 0 Å². The number of hydrogen-bond donors (Lipinski definition) is 1. The van der Waals surface area contributed by atoms with E-state index in [1.54, 1.807) is 0 Å². The zero-order valence-corrected chi connectivity index (χ0v) is 10.7. The number of nitrogens with one attached hydrogen (secondary N) is 1. The number of alkyl halides is 3. The van der Waals surface area contributed by atoms with E-state index in [0.717, 1.165) is 31.8 Å². The minimum atomic E-state index is -4.19. The molecule has 0 radical (unpaired) electrons. The maximum absolute atomic E-state index is 11.9. The Labute approximate surface area is 106 Å². The van der Waals surface area contributed by atoms with E-state index in [4.69, 9.17) is 0 Å². The second-order valence-electron chi connectivity index (χ2n) is 5.72. The number of ether oxygens (including phenoxy) is 1. The summed E-state index contributed by atoms with van der Waals surface area (Å²) >= 11 is 0. The van der Waals surface area contributed by atoms with Gasteiger partial charge in [-0.25, -0.2) is 0 Å². The Morgan fingerprint density at radius 3 is 2.33 bits per heavy atom. The number of hydrogen-bond acceptors (Lipinski definition) is 2. The van der Waals surface area contributed by atoms with Crippen molar-refractivity contribution >= 4 is 0 Å². The number of halogens is 3. The first-order valence-electron chi connectivity index (χ1n) is 6.87. The molecule has 5 heteroatoms. The lowest BCUT2D eigenvalue weighted by molar-refractivity contribution is -0.174. The van der Waals surface area contributed by atoms with Gasteiger partial charge in [-0.15, -0.1) is 0 Å². The van der Waals surface area contributed by atoms with Gasteiger partial charge in [0.15, 0.2) is 0 Å². The molecule has 2 rings (SSSR count). The molecule has 0 unspecified atom stereocenters. The van der Waals surface area contributed by atoms with Gasteiger partial charge in [0.1, 0.15) is 6.61 Å². The summed E-state index contributed by atoms with van der Waals surface area (Å²) in [6.07, 6.45) is 2.78. The monoisotopic (exact) mass is 265 g/mol. The quantitative estimate of drug-likeness (QED) is 0.745. The molecule has 0 aromatic carbocycles. The summed E-state index contributed by atoms with van der Waals surface area (Å²) in [5.74, 6) is 0.779. The van der Waals surface area contributed by atoms with Crippen LogP contribution in [0.15, 0.2) is 0 Å². The van der Waals surface area contributed by atoms with Crippen LogP contribution in [0, 0.1) is 11.3 Å². The normalized spacial score (nSPS) is 24.2. The van der Waals surface area contributed by atoms with Crippen LogP contribution in [0.4, 0.5) is 13.2 Å². The molecule has 1 aliphatic carbocycles. The lowest BCUT2D eigenvalue weighted by Crippen LogP contribution is -2.57. The largest absolute Gasteiger partial charge is 0.411 e. The smallest absolute Gasteiger partial charge is 0.372 e. The lowest BCUT2D eigenvalue weighted by atomic mass is 9.67. The van der Waals surface area contributed by atoms with Gasteiger partial charge in [0.05, 0.1) is 0 Å². The predicted molar refractivity (Wildman–Crippen MR) is 63.4 cm³/mol. The van der Waals surface area contributed by atoms with Crippen molar-refractivity contribution in [3.8, 4) is 0 Å². The highest BCUT2D eigenvalue weighted by molar-refractivity contribution is 4.98. The summed E-state index contributed by atoms with van der Waals surface area (Å²) in [7, 11) is 0. The predicted octanol–water partition coefficient (Wildman–Crippen LogP) is 3.13. The summed E-state index contributed by atoms with van der Waals surface area (Å²) in [5, 5.41) is 3.32. The Bertz CT molecular complexity index is 257. The maximum Gasteiger partial charge on any atom is 0.411 e. The first kappa shape index (κ1) is 14.1. The van der Waals surface area contributed by atoms with Crippen LogP contribution in [-0.2, 0) is 4.74 Å². The van der Waals surface area contributed by atoms with Crippen LogP contribution in [0.1, 0.15) is 38.5 Å². The Hall–Kier alpha value is -0.290. The maximum atomic E-state index is 11.9. The van der Waals surface area contributed by atoms with Crippen LogP contribution in [0.3, 0.4) is 0 Å². The number of rotatable bonds is 6. The molecule has 1 saturated carbocycles. The van der Waals surface area contributed by atoms with Crippen molar-refractivity contribution in [2.75, 3.05) is 26.3 Å². The molecule has 1 N–H and O–H groups in total. The van der Waals surface area contributed by atoms with Gasteiger partial charge in [0.2, 0.25) is 0 Å². The Morgan fingerprint density at radius 2 is 1.83 bits per heavy atom. The average molecular weight is 265 g/mol. The van der Waals surface area contributed by atoms with Crippen LogP contribution >= 0.6 is 0 Å². The molecule has 1 heterocycles. The lowest BCUT2D eigenvalue weighted by Gasteiger charge is -2.47. The molecule has 18 heavy (non-hydrogen) atoms. The van der Waals surface area contributed by atoms with Crippen molar-refractivity contribution in [2.45, 2.75) is 44.7 Å². The SMILES string of the molecule is FC(F)(F)COCCCC1(C2CCCC2)CNC1. The molecule has 0 spiro atoms. The summed E-state index contributed by atoms with van der Waals surface area (Å²) in [6.45, 7) is 1.20. The van der Waals surface area contributed by atoms with E-state index < -0.39 is 12.8 Å². The van der Waals surface area contributed by atoms with Crippen molar-refractivity contribution in [3.63, 3.8) is 0 Å². The highest BCUT2D eigenvalue weighted by Gasteiger charge is 2.44. The van der Waals surface area contributed by atoms with Crippen molar-refractivity contribution in [1.29, 1.82) is 0 Å². The van der Waals surface area contributed by atoms with Crippen molar-refractivity contribution in [1.82, 2.24) is 5.32 Å². The first-order chi connectivity index (χ1) is 8.52. The molecule has 1 aliphatic heterocycles. The van der Waals surface area contributed by atoms with Gasteiger partial charge < -0.3 is 10.1 Å². The van der Waals surface area contributed by atoms with Crippen LogP contribution in [0.5, 0.6) is 0 Å². The average Bonchev–Trinajstić information content (AvgIpc) is 2.72. The standard InChI is InChI=1S/C13H22F3NO/c14-13(15,16)10-18-7-3-6-12(8-17-9-12)11-4-1-2-5-11/h11,17H,1-10H2. The Balaban J connectivity index is 1.65. The fourth-order valence-electron chi connectivity index (χ4n) is 3.37. The van der Waals surface area contributed by atoms with Crippen LogP contribution in [-0.4, -0.2) is 32.5 Å². The van der Waals surface area contributed by atoms with E-state index in [2.05, 4.69) is 10.1 Å². The molecule has 0 amide bonds. The van der Waals surface area contributed by atoms with Crippen LogP contribution in [0.25, 0.3) is 0 Å². The van der Waals surface area contributed by atoms with E-state index in [0.29, 0.717) is 5.41 Å². The molecule has 2 fully saturated rings. The van der Waals surface area contributed by atoms with E-state index in [-0.39, 0.29) is 6.61 Å². The molecule has 106 valence electrons. The molecular weight excluding hydrogens is 243 g/mol. The fourth-order valence-corrected chi connectivity index (χ4v) is 3.37. The molecule has 0 bridgehead atoms. The minimum absolute atomic E-state index is 0.230. The second kappa shape index (κ2) is 5.78. The molecule has 0 aromatic heterocycles. The molecule has 0 atom stereocenters. The third-order valence-electron chi connectivity index (χ3n) is 4.40. The van der Waals surface area contributed by atoms with Crippen LogP contribution < -0.4 is 5.32 Å². The molecule has 2 aliphatic rings. The minimum Gasteiger partial charge on any atom is -0.372 e. The van der Waals surface area contributed by atoms with Gasteiger partial charge >= 0.3 is 6.18 Å². The van der Waals surface area contributed by atoms with E-state index in [9.17, 15) is 13.2 Å². The fraction of sp³-hybridized carbons (Fsp3) is 1.00. The summed E-state index contributed by atoms with van der Waals surface area (Å²) in [6, 6.07) is 0. The van der Waals surface area contributed by atoms with Crippen molar-refractivity contribution in [2.24, 2.45) is 11.3 Å². The molecule has 2 nitrogen and oxygen atoms in total. The van der Waals surface area contributed by atoms with E-state index in [1.807, 2.05) is 0 Å². The topological polar surface area (TPSA) is 21.3 Å². The van der Waals surface area contributed by atoms with Crippen molar-refractivity contribution < 1.29 is 17.9 Å². The van der Waals surface area contributed by atoms with Gasteiger partial charge in [0, 0.05) is 19.7 Å². The molecular formula is C13H22F3NO. The zero-order chi connectivity index (χ0) is 13.1. The zero-order valence-electron chi connectivity index (χ0n) is 10.7. The molecule has 0 aromatic rings. The Morgan fingerprint density at radius 1 is 1.17 bits per heavy atom. The highest BCUT2D eigenvalue weighted by atomic mass is 19.4. The van der Waals surface area contributed by atoms with E-state index in [1.165, 1.54) is 25.7 Å². The van der Waals surface area contributed by atoms with Crippen molar-refractivity contribution in [3.05, 3.63) is 0 Å². The van der Waals surface area contributed by atoms with Gasteiger partial charge in [-0.05, 0) is 37.0 Å². The summed E-state index contributed by atoms with van der Waals surface area (Å²) in [5.41, 5.74) is 0.359. The molecule has 1 saturated heterocycles. The summed E-state index contributed by atoms with van der Waals surface area (Å²) in [4.78, 5) is 0.